The zero-order valence-corrected chi connectivity index (χ0v) is 47.8. The fourth-order valence-electron chi connectivity index (χ4n) is 12.1. The number of methoxy groups -OCH3 is 2. The van der Waals surface area contributed by atoms with Gasteiger partial charge in [-0.1, -0.05) is 130 Å². The van der Waals surface area contributed by atoms with Crippen LogP contribution in [0.2, 0.25) is 0 Å². The highest BCUT2D eigenvalue weighted by atomic mass is 16.5. The van der Waals surface area contributed by atoms with Gasteiger partial charge in [0, 0.05) is 114 Å². The Labute approximate surface area is 469 Å². The molecule has 15 heteroatoms. The average Bonchev–Trinajstić information content (AvgIpc) is 3.99. The Morgan fingerprint density at radius 3 is 1.46 bits per heavy atom. The van der Waals surface area contributed by atoms with Crippen molar-refractivity contribution in [2.24, 2.45) is 5.73 Å². The van der Waals surface area contributed by atoms with E-state index in [-0.39, 0.29) is 55.1 Å². The van der Waals surface area contributed by atoms with E-state index in [1.165, 1.54) is 0 Å². The maximum atomic E-state index is 16.1. The lowest BCUT2D eigenvalue weighted by molar-refractivity contribution is -0.156. The lowest BCUT2D eigenvalue weighted by Crippen LogP contribution is -2.63. The van der Waals surface area contributed by atoms with Crippen molar-refractivity contribution < 1.29 is 28.7 Å². The van der Waals surface area contributed by atoms with Gasteiger partial charge in [0.25, 0.3) is 0 Å². The van der Waals surface area contributed by atoms with Crippen LogP contribution in [0.25, 0.3) is 0 Å². The maximum absolute atomic E-state index is 16.1. The van der Waals surface area contributed by atoms with Crippen LogP contribution in [0.15, 0.2) is 121 Å². The van der Waals surface area contributed by atoms with Gasteiger partial charge in [-0.05, 0) is 79.6 Å². The largest absolute Gasteiger partial charge is 0.496 e. The number of nitrogens with zero attached hydrogens (tertiary/aromatic N) is 7. The minimum atomic E-state index is -1.08. The van der Waals surface area contributed by atoms with Gasteiger partial charge in [-0.15, -0.1) is 0 Å². The molecular weight excluding hydrogens is 991 g/mol. The number of benzene rings is 5. The SMILES string of the molecule is CCN(CC)CC(c1ccccc1OC)N1CCN(C(=O)C(Cc2ccc(C)cc2)N(C(=O)CC2NCc3ccccc32)C(Cc2ccc(C(N)=O)cc2)C(=O)N2CCN(C(CN(CC)CC)c3ccccc3OC)CC2)CC1. The minimum absolute atomic E-state index is 0.00643. The van der Waals surface area contributed by atoms with Crippen LogP contribution in [0.3, 0.4) is 0 Å². The maximum Gasteiger partial charge on any atom is 0.248 e. The average molecular weight is 1080 g/mol. The van der Waals surface area contributed by atoms with Crippen molar-refractivity contribution in [3.8, 4) is 11.5 Å². The van der Waals surface area contributed by atoms with Crippen molar-refractivity contribution in [3.05, 3.63) is 166 Å². The summed E-state index contributed by atoms with van der Waals surface area (Å²) in [7, 11) is 3.43. The second-order valence-electron chi connectivity index (χ2n) is 21.3. The van der Waals surface area contributed by atoms with Crippen LogP contribution in [-0.2, 0) is 33.8 Å². The molecule has 5 aromatic rings. The fourth-order valence-corrected chi connectivity index (χ4v) is 12.1. The standard InChI is InChI=1S/C64H85N9O6/c1-8-67(9-2)44-57(52-20-14-16-22-59(52)78-6)69-32-36-71(37-33-69)63(76)55(40-47-26-24-46(5)25-27-47)73(61(74)42-54-51-19-13-12-18-50(51)43-66-54)56(41-48-28-30-49(31-29-48)62(65)75)64(77)72-38-34-70(35-39-72)58(45-68(10-3)11-4)53-21-15-17-23-60(53)79-7/h12-31,54-58,66H,8-11,32-45H2,1-7H3,(H2,65,75). The number of piperazine rings is 2. The van der Waals surface area contributed by atoms with Crippen LogP contribution < -0.4 is 20.5 Å². The molecule has 15 nitrogen and oxygen atoms in total. The van der Waals surface area contributed by atoms with E-state index in [4.69, 9.17) is 15.2 Å². The summed E-state index contributed by atoms with van der Waals surface area (Å²) in [5.74, 6) is 0.421. The number of fused-ring (bicyclic) bond motifs is 1. The number of hydrogen-bond acceptors (Lipinski definition) is 11. The summed E-state index contributed by atoms with van der Waals surface area (Å²) in [4.78, 5) is 75.8. The van der Waals surface area contributed by atoms with Crippen molar-refractivity contribution in [2.75, 3.05) is 106 Å². The van der Waals surface area contributed by atoms with Crippen LogP contribution in [0.4, 0.5) is 0 Å². The normalized spacial score (nSPS) is 17.5. The van der Waals surface area contributed by atoms with Gasteiger partial charge in [-0.2, -0.15) is 0 Å². The molecule has 0 bridgehead atoms. The summed E-state index contributed by atoms with van der Waals surface area (Å²) in [6, 6.07) is 37.2. The van der Waals surface area contributed by atoms with E-state index in [1.54, 1.807) is 31.3 Å². The van der Waals surface area contributed by atoms with Crippen molar-refractivity contribution in [3.63, 3.8) is 0 Å². The first-order valence-corrected chi connectivity index (χ1v) is 28.7. The first-order chi connectivity index (χ1) is 38.4. The topological polar surface area (TPSA) is 147 Å². The molecule has 0 aliphatic carbocycles. The zero-order valence-electron chi connectivity index (χ0n) is 47.8. The molecule has 422 valence electrons. The number of para-hydroxylation sites is 2. The second-order valence-corrected chi connectivity index (χ2v) is 21.3. The minimum Gasteiger partial charge on any atom is -0.496 e. The van der Waals surface area contributed by atoms with E-state index in [0.29, 0.717) is 64.5 Å². The van der Waals surface area contributed by atoms with Gasteiger partial charge in [-0.25, -0.2) is 0 Å². The van der Waals surface area contributed by atoms with Gasteiger partial charge in [0.2, 0.25) is 23.6 Å². The summed E-state index contributed by atoms with van der Waals surface area (Å²) in [5, 5.41) is 3.59. The molecule has 3 N–H and O–H groups in total. The number of carbonyl (C=O) groups is 4. The molecule has 2 saturated heterocycles. The number of nitrogens with one attached hydrogen (secondary N) is 1. The summed E-state index contributed by atoms with van der Waals surface area (Å²) >= 11 is 0. The molecule has 0 saturated carbocycles. The third kappa shape index (κ3) is 14.2. The highest BCUT2D eigenvalue weighted by molar-refractivity contribution is 5.94. The Morgan fingerprint density at radius 1 is 0.582 bits per heavy atom. The summed E-state index contributed by atoms with van der Waals surface area (Å²) < 4.78 is 11.9. The molecule has 4 amide bonds. The van der Waals surface area contributed by atoms with E-state index in [9.17, 15) is 4.79 Å². The Morgan fingerprint density at radius 2 is 1.01 bits per heavy atom. The van der Waals surface area contributed by atoms with Crippen LogP contribution in [0, 0.1) is 6.92 Å². The Hall–Kier alpha value is -6.62. The first-order valence-electron chi connectivity index (χ1n) is 28.7. The molecule has 79 heavy (non-hydrogen) atoms. The second kappa shape index (κ2) is 28.0. The number of likely N-dealkylation sites (N-methyl/N-ethyl adjacent to an activating group) is 2. The molecule has 8 rings (SSSR count). The molecule has 5 atom stereocenters. The molecule has 3 aliphatic rings. The van der Waals surface area contributed by atoms with Crippen LogP contribution >= 0.6 is 0 Å². The first kappa shape index (κ1) is 58.5. The van der Waals surface area contributed by atoms with Gasteiger partial charge < -0.3 is 45.0 Å². The Kier molecular flexibility index (Phi) is 20.7. The molecule has 2 fully saturated rings. The molecule has 3 heterocycles. The number of primary amides is 1. The number of rotatable bonds is 25. The molecular formula is C64H85N9O6. The molecule has 0 spiro atoms. The third-order valence-electron chi connectivity index (χ3n) is 16.9. The highest BCUT2D eigenvalue weighted by Gasteiger charge is 2.44. The third-order valence-corrected chi connectivity index (χ3v) is 16.9. The molecule has 0 radical (unpaired) electrons. The number of nitrogens with two attached hydrogens (primary N) is 1. The lowest BCUT2D eigenvalue weighted by atomic mass is 9.94. The predicted molar refractivity (Wildman–Crippen MR) is 312 cm³/mol. The number of aryl methyl sites for hydroxylation is 1. The number of carbonyl (C=O) groups excluding carboxylic acids is 4. The van der Waals surface area contributed by atoms with Crippen LogP contribution in [-0.4, -0.2) is 176 Å². The molecule has 5 aromatic carbocycles. The van der Waals surface area contributed by atoms with Gasteiger partial charge in [0.15, 0.2) is 0 Å². The van der Waals surface area contributed by atoms with E-state index in [2.05, 4.69) is 89.0 Å². The van der Waals surface area contributed by atoms with Gasteiger partial charge in [-0.3, -0.25) is 29.0 Å². The van der Waals surface area contributed by atoms with E-state index in [0.717, 1.165) is 89.7 Å². The fraction of sp³-hybridized carbons (Fsp3) is 0.469. The van der Waals surface area contributed by atoms with E-state index < -0.39 is 18.0 Å². The van der Waals surface area contributed by atoms with Crippen molar-refractivity contribution in [1.29, 1.82) is 0 Å². The zero-order chi connectivity index (χ0) is 56.0. The van der Waals surface area contributed by atoms with Crippen LogP contribution in [0.5, 0.6) is 11.5 Å². The van der Waals surface area contributed by atoms with Gasteiger partial charge >= 0.3 is 0 Å². The number of ether oxygens (including phenoxy) is 2. The smallest absolute Gasteiger partial charge is 0.248 e. The molecule has 0 aromatic heterocycles. The number of hydrogen-bond donors (Lipinski definition) is 2. The Balaban J connectivity index is 1.18. The summed E-state index contributed by atoms with van der Waals surface area (Å²) in [5.41, 5.74) is 13.2. The lowest BCUT2D eigenvalue weighted by Gasteiger charge is -2.46. The molecule has 3 aliphatic heterocycles. The van der Waals surface area contributed by atoms with Crippen molar-refractivity contribution in [1.82, 2.24) is 39.6 Å². The van der Waals surface area contributed by atoms with E-state index >= 15 is 14.4 Å². The van der Waals surface area contributed by atoms with Gasteiger partial charge in [0.1, 0.15) is 23.6 Å². The summed E-state index contributed by atoms with van der Waals surface area (Å²) in [6.45, 7) is 20.6. The van der Waals surface area contributed by atoms with Crippen LogP contribution in [0.1, 0.15) is 102 Å². The predicted octanol–water partition coefficient (Wildman–Crippen LogP) is 7.15. The monoisotopic (exact) mass is 1080 g/mol. The highest BCUT2D eigenvalue weighted by Crippen LogP contribution is 2.35. The van der Waals surface area contributed by atoms with Crippen molar-refractivity contribution in [2.45, 2.75) is 90.6 Å². The molecule has 5 unspecified atom stereocenters. The quantitative estimate of drug-likeness (QED) is 0.0615. The van der Waals surface area contributed by atoms with Gasteiger partial charge in [0.05, 0.1) is 26.3 Å². The Bertz CT molecular complexity index is 2790. The van der Waals surface area contributed by atoms with Crippen molar-refractivity contribution >= 4 is 23.6 Å². The van der Waals surface area contributed by atoms with E-state index in [1.807, 2.05) is 89.5 Å². The number of amides is 4. The summed E-state index contributed by atoms with van der Waals surface area (Å²) in [6.07, 6.45) is 0.357.